The molecule has 122 valence electrons. The fraction of sp³-hybridized carbons (Fsp3) is 0.312. The lowest BCUT2D eigenvalue weighted by Gasteiger charge is -2.33. The lowest BCUT2D eigenvalue weighted by atomic mass is 10.2. The van der Waals surface area contributed by atoms with E-state index >= 15 is 0 Å². The molecule has 0 unspecified atom stereocenters. The number of H-pyrrole nitrogens is 1. The van der Waals surface area contributed by atoms with Crippen LogP contribution in [0.15, 0.2) is 47.6 Å². The van der Waals surface area contributed by atoms with Gasteiger partial charge >= 0.3 is 0 Å². The Morgan fingerprint density at radius 1 is 1.04 bits per heavy atom. The van der Waals surface area contributed by atoms with Crippen LogP contribution in [0, 0.1) is 6.92 Å². The molecule has 23 heavy (non-hydrogen) atoms. The van der Waals surface area contributed by atoms with E-state index in [0.717, 1.165) is 5.56 Å². The highest BCUT2D eigenvalue weighted by atomic mass is 32.2. The Bertz CT molecular complexity index is 774. The molecule has 0 radical (unpaired) electrons. The van der Waals surface area contributed by atoms with Gasteiger partial charge < -0.3 is 9.88 Å². The highest BCUT2D eigenvalue weighted by Gasteiger charge is 2.30. The number of benzene rings is 1. The van der Waals surface area contributed by atoms with Gasteiger partial charge in [-0.05, 0) is 25.1 Å². The molecule has 1 aromatic heterocycles. The second-order valence-corrected chi connectivity index (χ2v) is 7.55. The molecule has 1 amide bonds. The van der Waals surface area contributed by atoms with Crippen LogP contribution in [0.4, 0.5) is 0 Å². The van der Waals surface area contributed by atoms with Crippen LogP contribution in [0.1, 0.15) is 15.9 Å². The molecule has 0 atom stereocenters. The molecule has 2 heterocycles. The number of amides is 1. The van der Waals surface area contributed by atoms with Crippen LogP contribution in [0.2, 0.25) is 0 Å². The van der Waals surface area contributed by atoms with Crippen molar-refractivity contribution in [1.29, 1.82) is 0 Å². The predicted molar refractivity (Wildman–Crippen MR) is 86.6 cm³/mol. The number of carbonyl (C=O) groups is 1. The third-order valence-electron chi connectivity index (χ3n) is 4.03. The first-order valence-corrected chi connectivity index (χ1v) is 8.91. The second kappa shape index (κ2) is 6.17. The molecule has 3 rings (SSSR count). The number of rotatable bonds is 3. The van der Waals surface area contributed by atoms with E-state index in [1.54, 1.807) is 47.6 Å². The minimum Gasteiger partial charge on any atom is -0.367 e. The van der Waals surface area contributed by atoms with Gasteiger partial charge in [-0.15, -0.1) is 0 Å². The number of sulfonamides is 1. The van der Waals surface area contributed by atoms with Gasteiger partial charge in [-0.2, -0.15) is 4.31 Å². The molecular weight excluding hydrogens is 314 g/mol. The van der Waals surface area contributed by atoms with E-state index < -0.39 is 10.0 Å². The molecular formula is C16H19N3O3S. The molecule has 1 fully saturated rings. The SMILES string of the molecule is Cc1ccc(S(=O)(=O)N2CCN(C(=O)c3cc[nH]c3)CC2)cc1. The summed E-state index contributed by atoms with van der Waals surface area (Å²) in [5.41, 5.74) is 1.62. The number of nitrogens with one attached hydrogen (secondary N) is 1. The molecule has 0 aliphatic carbocycles. The molecule has 7 heteroatoms. The van der Waals surface area contributed by atoms with Crippen LogP contribution in [0.5, 0.6) is 0 Å². The Kier molecular flexibility index (Phi) is 4.23. The fourth-order valence-corrected chi connectivity index (χ4v) is 4.05. The first-order valence-electron chi connectivity index (χ1n) is 7.47. The van der Waals surface area contributed by atoms with E-state index in [9.17, 15) is 13.2 Å². The smallest absolute Gasteiger partial charge is 0.255 e. The van der Waals surface area contributed by atoms with E-state index in [4.69, 9.17) is 0 Å². The quantitative estimate of drug-likeness (QED) is 0.924. The van der Waals surface area contributed by atoms with Crippen molar-refractivity contribution in [3.05, 3.63) is 53.9 Å². The zero-order chi connectivity index (χ0) is 16.4. The summed E-state index contributed by atoms with van der Waals surface area (Å²) in [6, 6.07) is 8.55. The van der Waals surface area contributed by atoms with Gasteiger partial charge in [0.05, 0.1) is 10.5 Å². The number of carbonyl (C=O) groups excluding carboxylic acids is 1. The van der Waals surface area contributed by atoms with Gasteiger partial charge in [0.15, 0.2) is 0 Å². The average Bonchev–Trinajstić information content (AvgIpc) is 3.09. The first-order chi connectivity index (χ1) is 11.0. The summed E-state index contributed by atoms with van der Waals surface area (Å²) >= 11 is 0. The monoisotopic (exact) mass is 333 g/mol. The number of nitrogens with zero attached hydrogens (tertiary/aromatic N) is 2. The van der Waals surface area contributed by atoms with Crippen molar-refractivity contribution < 1.29 is 13.2 Å². The van der Waals surface area contributed by atoms with Gasteiger partial charge in [0, 0.05) is 38.6 Å². The zero-order valence-corrected chi connectivity index (χ0v) is 13.7. The van der Waals surface area contributed by atoms with Gasteiger partial charge in [-0.3, -0.25) is 4.79 Å². The third kappa shape index (κ3) is 3.16. The minimum absolute atomic E-state index is 0.0707. The summed E-state index contributed by atoms with van der Waals surface area (Å²) in [5, 5.41) is 0. The Labute approximate surface area is 135 Å². The highest BCUT2D eigenvalue weighted by molar-refractivity contribution is 7.89. The predicted octanol–water partition coefficient (Wildman–Crippen LogP) is 1.47. The lowest BCUT2D eigenvalue weighted by molar-refractivity contribution is 0.0698. The van der Waals surface area contributed by atoms with Gasteiger partial charge in [-0.1, -0.05) is 17.7 Å². The van der Waals surface area contributed by atoms with E-state index in [-0.39, 0.29) is 5.91 Å². The normalized spacial score (nSPS) is 16.5. The van der Waals surface area contributed by atoms with Crippen LogP contribution in [-0.2, 0) is 10.0 Å². The van der Waals surface area contributed by atoms with Crippen molar-refractivity contribution in [1.82, 2.24) is 14.2 Å². The minimum atomic E-state index is -3.49. The number of hydrogen-bond acceptors (Lipinski definition) is 3. The summed E-state index contributed by atoms with van der Waals surface area (Å²) in [7, 11) is -3.49. The Hall–Kier alpha value is -2.12. The summed E-state index contributed by atoms with van der Waals surface area (Å²) in [4.78, 5) is 17.1. The average molecular weight is 333 g/mol. The molecule has 1 N–H and O–H groups in total. The Morgan fingerprint density at radius 3 is 2.26 bits per heavy atom. The molecule has 1 aromatic carbocycles. The molecule has 0 spiro atoms. The van der Waals surface area contributed by atoms with Crippen LogP contribution < -0.4 is 0 Å². The molecule has 6 nitrogen and oxygen atoms in total. The summed E-state index contributed by atoms with van der Waals surface area (Å²) < 4.78 is 26.7. The molecule has 2 aromatic rings. The molecule has 0 saturated carbocycles. The lowest BCUT2D eigenvalue weighted by Crippen LogP contribution is -2.50. The first kappa shape index (κ1) is 15.8. The largest absolute Gasteiger partial charge is 0.367 e. The number of aryl methyl sites for hydroxylation is 1. The van der Waals surface area contributed by atoms with Crippen molar-refractivity contribution in [2.75, 3.05) is 26.2 Å². The highest BCUT2D eigenvalue weighted by Crippen LogP contribution is 2.19. The van der Waals surface area contributed by atoms with Crippen molar-refractivity contribution in [3.63, 3.8) is 0 Å². The Balaban J connectivity index is 1.69. The number of piperazine rings is 1. The third-order valence-corrected chi connectivity index (χ3v) is 5.94. The zero-order valence-electron chi connectivity index (χ0n) is 12.9. The van der Waals surface area contributed by atoms with E-state index in [1.807, 2.05) is 6.92 Å². The maximum absolute atomic E-state index is 12.6. The summed E-state index contributed by atoms with van der Waals surface area (Å²) in [6.45, 7) is 3.34. The topological polar surface area (TPSA) is 73.5 Å². The number of hydrogen-bond donors (Lipinski definition) is 1. The van der Waals surface area contributed by atoms with E-state index in [2.05, 4.69) is 4.98 Å². The summed E-state index contributed by atoms with van der Waals surface area (Å²) in [5.74, 6) is -0.0707. The van der Waals surface area contributed by atoms with Crippen LogP contribution >= 0.6 is 0 Å². The molecule has 0 bridgehead atoms. The van der Waals surface area contributed by atoms with Crippen molar-refractivity contribution in [3.8, 4) is 0 Å². The van der Waals surface area contributed by atoms with Gasteiger partial charge in [0.2, 0.25) is 10.0 Å². The van der Waals surface area contributed by atoms with E-state index in [1.165, 1.54) is 4.31 Å². The molecule has 1 aliphatic rings. The summed E-state index contributed by atoms with van der Waals surface area (Å²) in [6.07, 6.45) is 3.35. The van der Waals surface area contributed by atoms with Crippen LogP contribution in [-0.4, -0.2) is 54.7 Å². The van der Waals surface area contributed by atoms with Gasteiger partial charge in [0.25, 0.3) is 5.91 Å². The van der Waals surface area contributed by atoms with Crippen LogP contribution in [0.25, 0.3) is 0 Å². The fourth-order valence-electron chi connectivity index (χ4n) is 2.63. The second-order valence-electron chi connectivity index (χ2n) is 5.61. The number of aromatic nitrogens is 1. The number of aromatic amines is 1. The van der Waals surface area contributed by atoms with Crippen molar-refractivity contribution >= 4 is 15.9 Å². The standard InChI is InChI=1S/C16H19N3O3S/c1-13-2-4-15(5-3-13)23(21,22)19-10-8-18(9-11-19)16(20)14-6-7-17-12-14/h2-7,12,17H,8-11H2,1H3. The van der Waals surface area contributed by atoms with Gasteiger partial charge in [-0.25, -0.2) is 8.42 Å². The Morgan fingerprint density at radius 2 is 1.70 bits per heavy atom. The van der Waals surface area contributed by atoms with E-state index in [0.29, 0.717) is 36.6 Å². The van der Waals surface area contributed by atoms with Gasteiger partial charge in [0.1, 0.15) is 0 Å². The van der Waals surface area contributed by atoms with Crippen LogP contribution in [0.3, 0.4) is 0 Å². The molecule has 1 saturated heterocycles. The van der Waals surface area contributed by atoms with Crippen molar-refractivity contribution in [2.45, 2.75) is 11.8 Å². The molecule has 1 aliphatic heterocycles. The maximum atomic E-state index is 12.6. The van der Waals surface area contributed by atoms with Crippen molar-refractivity contribution in [2.24, 2.45) is 0 Å². The maximum Gasteiger partial charge on any atom is 0.255 e.